The number of nitrogens with one attached hydrogen (secondary N) is 1. The lowest BCUT2D eigenvalue weighted by Crippen LogP contribution is -2.16. The zero-order valence-electron chi connectivity index (χ0n) is 12.1. The molecule has 2 aromatic heterocycles. The van der Waals surface area contributed by atoms with Gasteiger partial charge in [0, 0.05) is 25.2 Å². The summed E-state index contributed by atoms with van der Waals surface area (Å²) < 4.78 is 7.05. The maximum Gasteiger partial charge on any atom is 0.303 e. The number of hydrogen-bond acceptors (Lipinski definition) is 4. The molecule has 0 unspecified atom stereocenters. The Morgan fingerprint density at radius 3 is 2.71 bits per heavy atom. The van der Waals surface area contributed by atoms with Crippen LogP contribution in [0.4, 0.5) is 0 Å². The van der Waals surface area contributed by atoms with Gasteiger partial charge in [-0.15, -0.1) is 0 Å². The molecule has 2 N–H and O–H groups in total. The van der Waals surface area contributed by atoms with E-state index in [-0.39, 0.29) is 18.1 Å². The van der Waals surface area contributed by atoms with Crippen LogP contribution >= 0.6 is 0 Å². The summed E-state index contributed by atoms with van der Waals surface area (Å²) in [7, 11) is 1.53. The molecule has 0 bridgehead atoms. The van der Waals surface area contributed by atoms with Crippen molar-refractivity contribution in [1.82, 2.24) is 15.1 Å². The number of furan rings is 1. The summed E-state index contributed by atoms with van der Waals surface area (Å²) in [5.74, 6) is -0.529. The molecule has 7 nitrogen and oxygen atoms in total. The lowest BCUT2D eigenvalue weighted by atomic mass is 10.1. The Bertz CT molecular complexity index is 684. The third-order valence-corrected chi connectivity index (χ3v) is 3.28. The lowest BCUT2D eigenvalue weighted by molar-refractivity contribution is -0.136. The van der Waals surface area contributed by atoms with Crippen LogP contribution in [-0.4, -0.2) is 33.8 Å². The van der Waals surface area contributed by atoms with Crippen LogP contribution in [0.2, 0.25) is 0 Å². The molecule has 0 aromatic carbocycles. The Morgan fingerprint density at radius 2 is 2.10 bits per heavy atom. The Balaban J connectivity index is 2.32. The predicted molar refractivity (Wildman–Crippen MR) is 74.7 cm³/mol. The Hall–Kier alpha value is -2.57. The van der Waals surface area contributed by atoms with Gasteiger partial charge in [-0.25, -0.2) is 4.68 Å². The fourth-order valence-corrected chi connectivity index (χ4v) is 2.17. The third kappa shape index (κ3) is 2.96. The van der Waals surface area contributed by atoms with Crippen LogP contribution in [0.15, 0.2) is 16.5 Å². The van der Waals surface area contributed by atoms with Crippen LogP contribution in [0, 0.1) is 13.8 Å². The van der Waals surface area contributed by atoms with Crippen molar-refractivity contribution >= 4 is 11.9 Å². The summed E-state index contributed by atoms with van der Waals surface area (Å²) in [6, 6.07) is 3.23. The number of carboxylic acids is 1. The monoisotopic (exact) mass is 291 g/mol. The van der Waals surface area contributed by atoms with E-state index in [0.29, 0.717) is 12.3 Å². The van der Waals surface area contributed by atoms with E-state index in [1.165, 1.54) is 7.05 Å². The number of rotatable bonds is 5. The smallest absolute Gasteiger partial charge is 0.303 e. The van der Waals surface area contributed by atoms with Crippen molar-refractivity contribution in [2.45, 2.75) is 26.7 Å². The first-order valence-corrected chi connectivity index (χ1v) is 6.53. The van der Waals surface area contributed by atoms with Gasteiger partial charge in [0.25, 0.3) is 5.91 Å². The van der Waals surface area contributed by atoms with Gasteiger partial charge in [0.15, 0.2) is 5.76 Å². The molecule has 21 heavy (non-hydrogen) atoms. The van der Waals surface area contributed by atoms with Crippen LogP contribution in [0.1, 0.15) is 33.9 Å². The van der Waals surface area contributed by atoms with E-state index in [4.69, 9.17) is 9.52 Å². The first-order valence-electron chi connectivity index (χ1n) is 6.53. The molecule has 0 radical (unpaired) electrons. The van der Waals surface area contributed by atoms with Crippen LogP contribution in [0.3, 0.4) is 0 Å². The molecule has 0 fully saturated rings. The highest BCUT2D eigenvalue weighted by Crippen LogP contribution is 2.21. The third-order valence-electron chi connectivity index (χ3n) is 3.28. The van der Waals surface area contributed by atoms with Gasteiger partial charge in [0.1, 0.15) is 0 Å². The van der Waals surface area contributed by atoms with Crippen molar-refractivity contribution in [2.24, 2.45) is 0 Å². The van der Waals surface area contributed by atoms with Crippen molar-refractivity contribution in [3.05, 3.63) is 34.8 Å². The highest BCUT2D eigenvalue weighted by atomic mass is 16.4. The second-order valence-corrected chi connectivity index (χ2v) is 4.67. The quantitative estimate of drug-likeness (QED) is 0.869. The molecule has 0 aliphatic rings. The molecular weight excluding hydrogens is 274 g/mol. The van der Waals surface area contributed by atoms with Crippen molar-refractivity contribution in [3.8, 4) is 5.88 Å². The molecule has 0 aliphatic heterocycles. The van der Waals surface area contributed by atoms with Gasteiger partial charge in [-0.05, 0) is 31.9 Å². The minimum Gasteiger partial charge on any atom is -0.481 e. The second-order valence-electron chi connectivity index (χ2n) is 4.67. The number of carbonyl (C=O) groups is 2. The van der Waals surface area contributed by atoms with Crippen LogP contribution in [0.5, 0.6) is 0 Å². The number of carboxylic acid groups (broad SMARTS) is 1. The summed E-state index contributed by atoms with van der Waals surface area (Å²) in [6.45, 7) is 3.67. The highest BCUT2D eigenvalue weighted by Gasteiger charge is 2.17. The Labute approximate surface area is 121 Å². The maximum atomic E-state index is 11.5. The van der Waals surface area contributed by atoms with Crippen LogP contribution < -0.4 is 5.32 Å². The van der Waals surface area contributed by atoms with E-state index in [0.717, 1.165) is 17.0 Å². The summed E-state index contributed by atoms with van der Waals surface area (Å²) >= 11 is 0. The largest absolute Gasteiger partial charge is 0.481 e. The summed E-state index contributed by atoms with van der Waals surface area (Å²) in [4.78, 5) is 22.2. The van der Waals surface area contributed by atoms with Crippen LogP contribution in [0.25, 0.3) is 5.88 Å². The van der Waals surface area contributed by atoms with Crippen LogP contribution in [-0.2, 0) is 11.2 Å². The fourth-order valence-electron chi connectivity index (χ4n) is 2.17. The minimum atomic E-state index is -0.846. The van der Waals surface area contributed by atoms with E-state index < -0.39 is 5.97 Å². The summed E-state index contributed by atoms with van der Waals surface area (Å²) in [5.41, 5.74) is 2.45. The van der Waals surface area contributed by atoms with Gasteiger partial charge in [0.2, 0.25) is 5.88 Å². The second kappa shape index (κ2) is 5.82. The molecule has 0 spiro atoms. The average molecular weight is 291 g/mol. The molecule has 1 amide bonds. The van der Waals surface area contributed by atoms with E-state index in [1.54, 1.807) is 16.8 Å². The van der Waals surface area contributed by atoms with E-state index in [1.807, 2.05) is 13.8 Å². The Morgan fingerprint density at radius 1 is 1.38 bits per heavy atom. The zero-order chi connectivity index (χ0) is 15.6. The normalized spacial score (nSPS) is 10.6. The van der Waals surface area contributed by atoms with E-state index in [9.17, 15) is 9.59 Å². The van der Waals surface area contributed by atoms with Gasteiger partial charge in [-0.2, -0.15) is 5.10 Å². The number of carbonyl (C=O) groups excluding carboxylic acids is 1. The lowest BCUT2D eigenvalue weighted by Gasteiger charge is -2.01. The first-order chi connectivity index (χ1) is 9.93. The molecule has 2 rings (SSSR count). The molecule has 112 valence electrons. The van der Waals surface area contributed by atoms with Crippen molar-refractivity contribution in [1.29, 1.82) is 0 Å². The number of aromatic nitrogens is 2. The summed E-state index contributed by atoms with van der Waals surface area (Å²) in [6.07, 6.45) is 0.463. The molecule has 2 aromatic rings. The number of nitrogens with zero attached hydrogens (tertiary/aromatic N) is 2. The highest BCUT2D eigenvalue weighted by molar-refractivity contribution is 5.91. The van der Waals surface area contributed by atoms with Gasteiger partial charge >= 0.3 is 5.97 Å². The van der Waals surface area contributed by atoms with Crippen molar-refractivity contribution in [2.75, 3.05) is 7.05 Å². The Kier molecular flexibility index (Phi) is 4.11. The number of aryl methyl sites for hydroxylation is 1. The number of aliphatic carboxylic acids is 1. The van der Waals surface area contributed by atoms with E-state index >= 15 is 0 Å². The minimum absolute atomic E-state index is 0.0506. The van der Waals surface area contributed by atoms with E-state index in [2.05, 4.69) is 10.4 Å². The van der Waals surface area contributed by atoms with Gasteiger partial charge in [-0.3, -0.25) is 9.59 Å². The number of hydrogen-bond donors (Lipinski definition) is 2. The van der Waals surface area contributed by atoms with Gasteiger partial charge in [0.05, 0.1) is 5.69 Å². The molecule has 0 saturated carbocycles. The predicted octanol–water partition coefficient (Wildman–Crippen LogP) is 1.46. The molecule has 0 atom stereocenters. The maximum absolute atomic E-state index is 11.5. The van der Waals surface area contributed by atoms with Gasteiger partial charge < -0.3 is 14.8 Å². The first kappa shape index (κ1) is 14.8. The number of amides is 1. The average Bonchev–Trinajstić information content (AvgIpc) is 3.02. The molecular formula is C14H17N3O4. The SMILES string of the molecule is CNC(=O)c1ccc(-n2nc(C)c(CCC(=O)O)c2C)o1. The van der Waals surface area contributed by atoms with Gasteiger partial charge in [-0.1, -0.05) is 0 Å². The van der Waals surface area contributed by atoms with Crippen molar-refractivity contribution < 1.29 is 19.1 Å². The molecule has 7 heteroatoms. The molecule has 0 aliphatic carbocycles. The molecule has 2 heterocycles. The fraction of sp³-hybridized carbons (Fsp3) is 0.357. The standard InChI is InChI=1S/C14H17N3O4/c1-8-10(4-7-13(18)19)9(2)17(16-8)12-6-5-11(21-12)14(20)15-3/h5-6H,4,7H2,1-3H3,(H,15,20)(H,18,19). The summed E-state index contributed by atoms with van der Waals surface area (Å²) in [5, 5.41) is 15.6. The van der Waals surface area contributed by atoms with Crippen molar-refractivity contribution in [3.63, 3.8) is 0 Å². The topological polar surface area (TPSA) is 97.4 Å². The zero-order valence-corrected chi connectivity index (χ0v) is 12.1. The molecule has 0 saturated heterocycles.